The maximum absolute atomic E-state index is 11.6. The summed E-state index contributed by atoms with van der Waals surface area (Å²) in [6.45, 7) is 7.62. The van der Waals surface area contributed by atoms with E-state index in [9.17, 15) is 14.4 Å². The Balaban J connectivity index is 4.65. The lowest BCUT2D eigenvalue weighted by Gasteiger charge is -2.28. The second-order valence-electron chi connectivity index (χ2n) is 5.47. The Morgan fingerprint density at radius 2 is 1.17 bits per heavy atom. The summed E-state index contributed by atoms with van der Waals surface area (Å²) >= 11 is 0. The number of likely N-dealkylation sites (N-methyl/N-ethyl adjacent to an activating group) is 2. The van der Waals surface area contributed by atoms with Crippen LogP contribution in [0, 0.1) is 0 Å². The zero-order valence-electron chi connectivity index (χ0n) is 14.8. The number of aliphatic carboxylic acids is 2. The van der Waals surface area contributed by atoms with Gasteiger partial charge in [-0.05, 0) is 13.1 Å². The van der Waals surface area contributed by atoms with E-state index in [-0.39, 0.29) is 32.1 Å². The van der Waals surface area contributed by atoms with Crippen LogP contribution in [-0.2, 0) is 14.4 Å². The van der Waals surface area contributed by atoms with Crippen molar-refractivity contribution < 1.29 is 24.6 Å². The highest BCUT2D eigenvalue weighted by molar-refractivity contribution is 5.77. The normalized spacial score (nSPS) is 11.2. The fourth-order valence-corrected chi connectivity index (χ4v) is 2.25. The van der Waals surface area contributed by atoms with Crippen LogP contribution in [0.2, 0.25) is 0 Å². The maximum Gasteiger partial charge on any atom is 0.317 e. The Bertz CT molecular complexity index is 385. The molecule has 0 atom stereocenters. The molecule has 0 fully saturated rings. The molecular formula is C15H30N4O5. The summed E-state index contributed by atoms with van der Waals surface area (Å²) in [7, 11) is 1.56. The van der Waals surface area contributed by atoms with E-state index in [4.69, 9.17) is 10.2 Å². The third-order valence-electron chi connectivity index (χ3n) is 3.72. The number of rotatable bonds is 14. The van der Waals surface area contributed by atoms with Gasteiger partial charge in [-0.15, -0.1) is 0 Å². The molecule has 0 saturated carbocycles. The third kappa shape index (κ3) is 10.9. The predicted octanol–water partition coefficient (Wildman–Crippen LogP) is -1.15. The predicted molar refractivity (Wildman–Crippen MR) is 90.0 cm³/mol. The van der Waals surface area contributed by atoms with Crippen molar-refractivity contribution in [3.05, 3.63) is 0 Å². The first kappa shape index (κ1) is 22.3. The van der Waals surface area contributed by atoms with Crippen LogP contribution < -0.4 is 5.32 Å². The van der Waals surface area contributed by atoms with Crippen LogP contribution in [0.1, 0.15) is 13.8 Å². The largest absolute Gasteiger partial charge is 0.480 e. The second-order valence-corrected chi connectivity index (χ2v) is 5.47. The van der Waals surface area contributed by atoms with E-state index in [0.29, 0.717) is 13.1 Å². The minimum absolute atomic E-state index is 0.127. The summed E-state index contributed by atoms with van der Waals surface area (Å²) in [6.07, 6.45) is 0. The molecule has 0 radical (unpaired) electrons. The van der Waals surface area contributed by atoms with Gasteiger partial charge >= 0.3 is 11.9 Å². The zero-order valence-corrected chi connectivity index (χ0v) is 14.8. The van der Waals surface area contributed by atoms with E-state index < -0.39 is 11.9 Å². The molecule has 0 rings (SSSR count). The van der Waals surface area contributed by atoms with Gasteiger partial charge in [0.2, 0.25) is 5.91 Å². The van der Waals surface area contributed by atoms with E-state index in [0.717, 1.165) is 19.6 Å². The molecule has 0 aromatic carbocycles. The van der Waals surface area contributed by atoms with Gasteiger partial charge in [-0.1, -0.05) is 13.8 Å². The molecule has 0 saturated heterocycles. The van der Waals surface area contributed by atoms with Gasteiger partial charge in [0.15, 0.2) is 0 Å². The van der Waals surface area contributed by atoms with Crippen LogP contribution in [0.4, 0.5) is 0 Å². The van der Waals surface area contributed by atoms with Crippen molar-refractivity contribution >= 4 is 17.8 Å². The summed E-state index contributed by atoms with van der Waals surface area (Å²) in [4.78, 5) is 38.8. The number of nitrogens with zero attached hydrogens (tertiary/aromatic N) is 3. The van der Waals surface area contributed by atoms with Crippen LogP contribution in [0.15, 0.2) is 0 Å². The van der Waals surface area contributed by atoms with E-state index in [1.165, 1.54) is 4.90 Å². The average Bonchev–Trinajstić information content (AvgIpc) is 2.51. The first-order valence-electron chi connectivity index (χ1n) is 8.13. The highest BCUT2D eigenvalue weighted by Gasteiger charge is 2.17. The Kier molecular flexibility index (Phi) is 11.8. The molecule has 0 aliphatic carbocycles. The van der Waals surface area contributed by atoms with Gasteiger partial charge in [0.25, 0.3) is 0 Å². The lowest BCUT2D eigenvalue weighted by molar-refractivity contribution is -0.142. The number of hydrogen-bond acceptors (Lipinski definition) is 6. The molecule has 9 heteroatoms. The van der Waals surface area contributed by atoms with Crippen LogP contribution in [-0.4, -0.2) is 109 Å². The molecule has 0 unspecified atom stereocenters. The number of carbonyl (C=O) groups excluding carboxylic acids is 1. The Morgan fingerprint density at radius 3 is 1.54 bits per heavy atom. The Morgan fingerprint density at radius 1 is 0.750 bits per heavy atom. The number of amides is 1. The molecule has 9 nitrogen and oxygen atoms in total. The molecule has 140 valence electrons. The van der Waals surface area contributed by atoms with Gasteiger partial charge in [0, 0.05) is 33.2 Å². The van der Waals surface area contributed by atoms with Crippen molar-refractivity contribution in [3.63, 3.8) is 0 Å². The topological polar surface area (TPSA) is 113 Å². The van der Waals surface area contributed by atoms with Crippen LogP contribution in [0.25, 0.3) is 0 Å². The van der Waals surface area contributed by atoms with Gasteiger partial charge in [0.1, 0.15) is 0 Å². The van der Waals surface area contributed by atoms with Crippen LogP contribution >= 0.6 is 0 Å². The smallest absolute Gasteiger partial charge is 0.317 e. The van der Waals surface area contributed by atoms with Crippen molar-refractivity contribution in [2.24, 2.45) is 0 Å². The minimum Gasteiger partial charge on any atom is -0.480 e. The van der Waals surface area contributed by atoms with Gasteiger partial charge in [-0.3, -0.25) is 24.2 Å². The first-order valence-corrected chi connectivity index (χ1v) is 8.13. The highest BCUT2D eigenvalue weighted by atomic mass is 16.4. The van der Waals surface area contributed by atoms with Crippen molar-refractivity contribution in [1.29, 1.82) is 0 Å². The maximum atomic E-state index is 11.6. The molecule has 0 spiro atoms. The third-order valence-corrected chi connectivity index (χ3v) is 3.72. The van der Waals surface area contributed by atoms with Crippen molar-refractivity contribution in [3.8, 4) is 0 Å². The summed E-state index contributed by atoms with van der Waals surface area (Å²) < 4.78 is 0. The number of carbonyl (C=O) groups is 3. The molecule has 1 amide bonds. The molecule has 0 aromatic rings. The lowest BCUT2D eigenvalue weighted by Crippen LogP contribution is -2.45. The molecule has 3 N–H and O–H groups in total. The standard InChI is InChI=1S/C15H30N4O5/c1-4-17(5-2)6-7-18(10-13(20)16-3)8-9-19(11-14(21)22)12-15(23)24/h4-12H2,1-3H3,(H,16,20)(H,21,22)(H,23,24). The van der Waals surface area contributed by atoms with E-state index in [2.05, 4.69) is 24.1 Å². The molecule has 0 aliphatic heterocycles. The van der Waals surface area contributed by atoms with E-state index in [1.807, 2.05) is 4.90 Å². The van der Waals surface area contributed by atoms with Crippen molar-refractivity contribution in [1.82, 2.24) is 20.0 Å². The fraction of sp³-hybridized carbons (Fsp3) is 0.800. The minimum atomic E-state index is -1.07. The number of carboxylic acid groups (broad SMARTS) is 2. The quantitative estimate of drug-likeness (QED) is 0.361. The zero-order chi connectivity index (χ0) is 18.5. The van der Waals surface area contributed by atoms with E-state index in [1.54, 1.807) is 7.05 Å². The lowest BCUT2D eigenvalue weighted by atomic mass is 10.3. The Hall–Kier alpha value is -1.71. The number of hydrogen-bond donors (Lipinski definition) is 3. The molecule has 24 heavy (non-hydrogen) atoms. The van der Waals surface area contributed by atoms with Crippen LogP contribution in [0.3, 0.4) is 0 Å². The molecule has 0 heterocycles. The van der Waals surface area contributed by atoms with Gasteiger partial charge in [-0.25, -0.2) is 0 Å². The number of nitrogens with one attached hydrogen (secondary N) is 1. The van der Waals surface area contributed by atoms with Gasteiger partial charge in [0.05, 0.1) is 19.6 Å². The molecule has 0 bridgehead atoms. The van der Waals surface area contributed by atoms with Gasteiger partial charge < -0.3 is 20.4 Å². The highest BCUT2D eigenvalue weighted by Crippen LogP contribution is 1.96. The Labute approximate surface area is 143 Å². The molecular weight excluding hydrogens is 316 g/mol. The summed E-state index contributed by atoms with van der Waals surface area (Å²) in [5, 5.41) is 20.3. The van der Waals surface area contributed by atoms with Gasteiger partial charge in [-0.2, -0.15) is 0 Å². The summed E-state index contributed by atoms with van der Waals surface area (Å²) in [6, 6.07) is 0. The summed E-state index contributed by atoms with van der Waals surface area (Å²) in [5.74, 6) is -2.27. The van der Waals surface area contributed by atoms with Crippen molar-refractivity contribution in [2.75, 3.05) is 66.0 Å². The molecule has 0 aliphatic rings. The SMILES string of the molecule is CCN(CC)CCN(CCN(CC(=O)O)CC(=O)O)CC(=O)NC. The van der Waals surface area contributed by atoms with E-state index >= 15 is 0 Å². The second kappa shape index (κ2) is 12.7. The first-order chi connectivity index (χ1) is 11.3. The fourth-order valence-electron chi connectivity index (χ4n) is 2.25. The van der Waals surface area contributed by atoms with Crippen molar-refractivity contribution in [2.45, 2.75) is 13.8 Å². The summed E-state index contributed by atoms with van der Waals surface area (Å²) in [5.41, 5.74) is 0. The average molecular weight is 346 g/mol. The number of carboxylic acids is 2. The van der Waals surface area contributed by atoms with Crippen LogP contribution in [0.5, 0.6) is 0 Å². The molecule has 0 aromatic heterocycles. The monoisotopic (exact) mass is 346 g/mol.